The molecule has 3 N–H and O–H groups in total. The first-order valence-electron chi connectivity index (χ1n) is 33.3. The molecule has 0 fully saturated rings. The molecule has 0 aromatic heterocycles. The Hall–Kier alpha value is -1.94. The molecule has 0 radical (unpaired) electrons. The molecule has 19 heteroatoms. The number of ether oxygens (including phenoxy) is 4. The van der Waals surface area contributed by atoms with Gasteiger partial charge in [-0.05, 0) is 43.4 Å². The van der Waals surface area contributed by atoms with Crippen LogP contribution < -0.4 is 0 Å². The molecule has 0 saturated carbocycles. The zero-order valence-corrected chi connectivity index (χ0v) is 55.4. The van der Waals surface area contributed by atoms with Crippen LogP contribution in [0.2, 0.25) is 0 Å². The maximum Gasteiger partial charge on any atom is 0.472 e. The number of hydrogen-bond donors (Lipinski definition) is 3. The van der Waals surface area contributed by atoms with Crippen LogP contribution in [0.3, 0.4) is 0 Å². The number of phosphoric acid groups is 2. The van der Waals surface area contributed by atoms with E-state index in [1.807, 2.05) is 0 Å². The normalized spacial score (nSPS) is 14.4. The molecule has 0 aromatic rings. The van der Waals surface area contributed by atoms with Crippen molar-refractivity contribution in [1.82, 2.24) is 0 Å². The van der Waals surface area contributed by atoms with Gasteiger partial charge in [-0.25, -0.2) is 9.13 Å². The lowest BCUT2D eigenvalue weighted by atomic mass is 10.0. The molecule has 0 spiro atoms. The summed E-state index contributed by atoms with van der Waals surface area (Å²) in [7, 11) is -9.89. The van der Waals surface area contributed by atoms with Gasteiger partial charge in [0.2, 0.25) is 0 Å². The van der Waals surface area contributed by atoms with Crippen molar-refractivity contribution in [1.29, 1.82) is 0 Å². The highest BCUT2D eigenvalue weighted by Gasteiger charge is 2.30. The van der Waals surface area contributed by atoms with E-state index in [0.29, 0.717) is 31.6 Å². The highest BCUT2D eigenvalue weighted by Crippen LogP contribution is 2.45. The number of phosphoric ester groups is 2. The van der Waals surface area contributed by atoms with E-state index >= 15 is 0 Å². The smallest absolute Gasteiger partial charge is 0.462 e. The van der Waals surface area contributed by atoms with Crippen LogP contribution in [-0.2, 0) is 65.4 Å². The van der Waals surface area contributed by atoms with E-state index in [0.717, 1.165) is 102 Å². The number of esters is 4. The maximum absolute atomic E-state index is 13.0. The highest BCUT2D eigenvalue weighted by molar-refractivity contribution is 7.47. The van der Waals surface area contributed by atoms with Gasteiger partial charge in [0, 0.05) is 25.7 Å². The monoisotopic (exact) mass is 1230 g/mol. The minimum Gasteiger partial charge on any atom is -0.462 e. The van der Waals surface area contributed by atoms with Gasteiger partial charge < -0.3 is 33.8 Å². The van der Waals surface area contributed by atoms with E-state index in [1.54, 1.807) is 0 Å². The first-order chi connectivity index (χ1) is 39.7. The fourth-order valence-electron chi connectivity index (χ4n) is 9.48. The van der Waals surface area contributed by atoms with Crippen LogP contribution in [0.5, 0.6) is 0 Å². The lowest BCUT2D eigenvalue weighted by Gasteiger charge is -2.21. The van der Waals surface area contributed by atoms with Crippen molar-refractivity contribution in [2.45, 2.75) is 330 Å². The fraction of sp³-hybridized carbons (Fsp3) is 0.938. The summed E-state index contributed by atoms with van der Waals surface area (Å²) in [6.07, 6.45) is 36.4. The number of hydrogen-bond acceptors (Lipinski definition) is 15. The molecular weight excluding hydrogens is 1100 g/mol. The summed E-state index contributed by atoms with van der Waals surface area (Å²) in [6, 6.07) is 0. The molecule has 0 saturated heterocycles. The minimum atomic E-state index is -4.95. The van der Waals surface area contributed by atoms with Crippen LogP contribution in [0.25, 0.3) is 0 Å². The van der Waals surface area contributed by atoms with Crippen molar-refractivity contribution in [3.05, 3.63) is 0 Å². The minimum absolute atomic E-state index is 0.102. The van der Waals surface area contributed by atoms with Gasteiger partial charge in [-0.1, -0.05) is 260 Å². The van der Waals surface area contributed by atoms with E-state index in [4.69, 9.17) is 37.0 Å². The average Bonchev–Trinajstić information content (AvgIpc) is 3.43. The third kappa shape index (κ3) is 58.8. The van der Waals surface area contributed by atoms with Gasteiger partial charge in [-0.2, -0.15) is 0 Å². The predicted octanol–water partition coefficient (Wildman–Crippen LogP) is 17.5. The Morgan fingerprint density at radius 3 is 0.819 bits per heavy atom. The molecule has 83 heavy (non-hydrogen) atoms. The van der Waals surface area contributed by atoms with Gasteiger partial charge in [0.25, 0.3) is 0 Å². The molecule has 0 aliphatic carbocycles. The van der Waals surface area contributed by atoms with Gasteiger partial charge in [-0.3, -0.25) is 37.3 Å². The fourth-order valence-corrected chi connectivity index (χ4v) is 11.1. The zero-order valence-electron chi connectivity index (χ0n) is 53.6. The van der Waals surface area contributed by atoms with Gasteiger partial charge in [0.15, 0.2) is 12.2 Å². The van der Waals surface area contributed by atoms with E-state index < -0.39 is 97.5 Å². The zero-order chi connectivity index (χ0) is 61.7. The Morgan fingerprint density at radius 2 is 0.554 bits per heavy atom. The lowest BCUT2D eigenvalue weighted by Crippen LogP contribution is -2.30. The van der Waals surface area contributed by atoms with Gasteiger partial charge >= 0.3 is 39.5 Å². The van der Waals surface area contributed by atoms with Gasteiger partial charge in [0.1, 0.15) is 19.3 Å². The summed E-state index contributed by atoms with van der Waals surface area (Å²) >= 11 is 0. The van der Waals surface area contributed by atoms with Crippen molar-refractivity contribution in [2.75, 3.05) is 39.6 Å². The molecular formula is C64H124O17P2. The number of unbranched alkanes of at least 4 members (excludes halogenated alkanes) is 30. The van der Waals surface area contributed by atoms with Crippen molar-refractivity contribution >= 4 is 39.5 Å². The average molecular weight is 1230 g/mol. The van der Waals surface area contributed by atoms with Crippen molar-refractivity contribution in [2.24, 2.45) is 17.8 Å². The second-order valence-corrected chi connectivity index (χ2v) is 27.5. The molecule has 492 valence electrons. The summed E-state index contributed by atoms with van der Waals surface area (Å²) in [6.45, 7) is 11.7. The summed E-state index contributed by atoms with van der Waals surface area (Å²) in [5.41, 5.74) is 0. The lowest BCUT2D eigenvalue weighted by molar-refractivity contribution is -0.161. The largest absolute Gasteiger partial charge is 0.472 e. The molecule has 0 aliphatic rings. The third-order valence-corrected chi connectivity index (χ3v) is 16.5. The Bertz CT molecular complexity index is 1650. The van der Waals surface area contributed by atoms with E-state index in [9.17, 15) is 43.2 Å². The van der Waals surface area contributed by atoms with Crippen LogP contribution >= 0.6 is 15.6 Å². The molecule has 2 unspecified atom stereocenters. The van der Waals surface area contributed by atoms with Crippen LogP contribution in [0, 0.1) is 17.8 Å². The molecule has 5 atom stereocenters. The first-order valence-corrected chi connectivity index (χ1v) is 36.3. The number of aliphatic hydroxyl groups excluding tert-OH is 1. The van der Waals surface area contributed by atoms with Gasteiger partial charge in [-0.15, -0.1) is 0 Å². The quantitative estimate of drug-likeness (QED) is 0.0222. The summed E-state index contributed by atoms with van der Waals surface area (Å²) in [5, 5.41) is 10.5. The molecule has 17 nitrogen and oxygen atoms in total. The third-order valence-electron chi connectivity index (χ3n) is 14.6. The van der Waals surface area contributed by atoms with Crippen LogP contribution in [0.15, 0.2) is 0 Å². The molecule has 0 bridgehead atoms. The second kappa shape index (κ2) is 55.4. The van der Waals surface area contributed by atoms with Crippen LogP contribution in [0.1, 0.15) is 312 Å². The molecule has 0 rings (SSSR count). The SMILES string of the molecule is CCCCCCCCCCCC(=O)OC[C@H](COP(=O)(O)OC[C@H](O)COP(=O)(O)OC[C@@H](COC(=O)CCCCCCCCCCCC(C)C)OC(=O)CCCCCCCCCCCCC(C)C)OC(=O)CCCCCCCCC(C)C. The number of carbonyl (C=O) groups is 4. The Labute approximate surface area is 505 Å². The van der Waals surface area contributed by atoms with Gasteiger partial charge in [0.05, 0.1) is 26.4 Å². The summed E-state index contributed by atoms with van der Waals surface area (Å²) in [5.74, 6) is 0.0249. The van der Waals surface area contributed by atoms with Crippen LogP contribution in [0.4, 0.5) is 0 Å². The summed E-state index contributed by atoms with van der Waals surface area (Å²) < 4.78 is 67.9. The Balaban J connectivity index is 5.24. The van der Waals surface area contributed by atoms with E-state index in [2.05, 4.69) is 48.5 Å². The standard InChI is InChI=1S/C64H124O17P2/c1-8-9-10-11-12-16-23-31-38-45-61(66)74-52-60(81-64(69)48-41-34-27-26-30-37-44-57(6)7)54-79-83(72,73)77-50-58(65)49-76-82(70,71)78-53-59(51-75-62(67)46-39-32-24-20-15-18-22-29-36-43-56(4)5)80-63(68)47-40-33-25-19-14-13-17-21-28-35-42-55(2)3/h55-60,65H,8-54H2,1-7H3,(H,70,71)(H,72,73)/t58-,59-,60-/m1/s1. The highest BCUT2D eigenvalue weighted by atomic mass is 31.2. The number of aliphatic hydroxyl groups is 1. The first kappa shape index (κ1) is 81.1. The van der Waals surface area contributed by atoms with Crippen molar-refractivity contribution in [3.63, 3.8) is 0 Å². The van der Waals surface area contributed by atoms with Crippen LogP contribution in [-0.4, -0.2) is 96.7 Å². The number of carbonyl (C=O) groups excluding carboxylic acids is 4. The Morgan fingerprint density at radius 1 is 0.325 bits per heavy atom. The topological polar surface area (TPSA) is 237 Å². The van der Waals surface area contributed by atoms with Crippen molar-refractivity contribution in [3.8, 4) is 0 Å². The molecule has 0 amide bonds. The van der Waals surface area contributed by atoms with E-state index in [-0.39, 0.29) is 25.7 Å². The summed E-state index contributed by atoms with van der Waals surface area (Å²) in [4.78, 5) is 72.2. The molecule has 0 aromatic carbocycles. The number of rotatable bonds is 62. The molecule has 0 aliphatic heterocycles. The maximum atomic E-state index is 13.0. The van der Waals surface area contributed by atoms with E-state index in [1.165, 1.54) is 122 Å². The molecule has 0 heterocycles. The second-order valence-electron chi connectivity index (χ2n) is 24.6. The Kier molecular flexibility index (Phi) is 54.1. The predicted molar refractivity (Wildman–Crippen MR) is 331 cm³/mol. The van der Waals surface area contributed by atoms with Crippen molar-refractivity contribution < 1.29 is 80.2 Å².